The lowest BCUT2D eigenvalue weighted by Gasteiger charge is -2.37. The molecule has 0 aromatic heterocycles. The summed E-state index contributed by atoms with van der Waals surface area (Å²) in [6, 6.07) is 22.3. The first-order valence-corrected chi connectivity index (χ1v) is 9.79. The maximum atomic E-state index is 11.3. The zero-order valence-corrected chi connectivity index (χ0v) is 16.0. The van der Waals surface area contributed by atoms with Crippen molar-refractivity contribution in [3.63, 3.8) is 0 Å². The van der Waals surface area contributed by atoms with E-state index in [1.54, 1.807) is 12.1 Å². The predicted molar refractivity (Wildman–Crippen MR) is 109 cm³/mol. The van der Waals surface area contributed by atoms with E-state index in [1.165, 1.54) is 16.7 Å². The average molecular weight is 421 g/mol. The molecule has 2 aliphatic rings. The lowest BCUT2D eigenvalue weighted by molar-refractivity contribution is -0.384. The van der Waals surface area contributed by atoms with Gasteiger partial charge in [0.25, 0.3) is 5.69 Å². The van der Waals surface area contributed by atoms with Crippen LogP contribution in [0.1, 0.15) is 34.2 Å². The first-order chi connectivity index (χ1) is 13.1. The fourth-order valence-corrected chi connectivity index (χ4v) is 4.93. The van der Waals surface area contributed by atoms with Crippen LogP contribution in [0.15, 0.2) is 71.2 Å². The third-order valence-electron chi connectivity index (χ3n) is 5.82. The molecule has 5 heteroatoms. The zero-order valence-electron chi connectivity index (χ0n) is 14.4. The number of nitro benzene ring substituents is 1. The number of nitrogens with zero attached hydrogens (tertiary/aromatic N) is 1. The largest absolute Gasteiger partial charge is 0.378 e. The minimum atomic E-state index is -0.309. The SMILES string of the molecule is O=[N+]([O-])c1ccc2c(c1)[C@@H]1c3ccccc3C[C@@H]1[C@@H](c1ccc(Br)cc1)N2. The van der Waals surface area contributed by atoms with E-state index in [9.17, 15) is 10.1 Å². The lowest BCUT2D eigenvalue weighted by atomic mass is 9.75. The van der Waals surface area contributed by atoms with E-state index in [0.29, 0.717) is 5.92 Å². The minimum absolute atomic E-state index is 0.153. The Morgan fingerprint density at radius 1 is 1.00 bits per heavy atom. The van der Waals surface area contributed by atoms with Gasteiger partial charge in [0.2, 0.25) is 0 Å². The molecule has 0 fully saturated rings. The number of hydrogen-bond donors (Lipinski definition) is 1. The van der Waals surface area contributed by atoms with E-state index < -0.39 is 0 Å². The van der Waals surface area contributed by atoms with E-state index in [4.69, 9.17) is 0 Å². The number of rotatable bonds is 2. The lowest BCUT2D eigenvalue weighted by Crippen LogP contribution is -2.30. The van der Waals surface area contributed by atoms with Crippen LogP contribution in [-0.4, -0.2) is 4.92 Å². The minimum Gasteiger partial charge on any atom is -0.378 e. The first kappa shape index (κ1) is 16.5. The maximum Gasteiger partial charge on any atom is 0.269 e. The number of non-ortho nitro benzene ring substituents is 1. The Morgan fingerprint density at radius 3 is 2.56 bits per heavy atom. The molecule has 134 valence electrons. The Hall–Kier alpha value is -2.66. The number of nitrogens with one attached hydrogen (secondary N) is 1. The van der Waals surface area contributed by atoms with Crippen LogP contribution in [0.3, 0.4) is 0 Å². The number of hydrogen-bond acceptors (Lipinski definition) is 3. The molecule has 0 unspecified atom stereocenters. The van der Waals surface area contributed by atoms with E-state index in [2.05, 4.69) is 69.8 Å². The summed E-state index contributed by atoms with van der Waals surface area (Å²) in [7, 11) is 0. The first-order valence-electron chi connectivity index (χ1n) is 9.00. The zero-order chi connectivity index (χ0) is 18.5. The Labute approximate surface area is 165 Å². The third kappa shape index (κ3) is 2.65. The number of benzene rings is 3. The molecule has 0 radical (unpaired) electrons. The highest BCUT2D eigenvalue weighted by atomic mass is 79.9. The molecular formula is C22H17BrN2O2. The molecule has 1 aliphatic heterocycles. The second kappa shape index (κ2) is 6.20. The summed E-state index contributed by atoms with van der Waals surface area (Å²) >= 11 is 3.51. The van der Waals surface area contributed by atoms with Crippen molar-refractivity contribution >= 4 is 27.3 Å². The fraction of sp³-hybridized carbons (Fsp3) is 0.182. The average Bonchev–Trinajstić information content (AvgIpc) is 3.07. The molecule has 3 atom stereocenters. The van der Waals surface area contributed by atoms with Gasteiger partial charge in [0.05, 0.1) is 11.0 Å². The van der Waals surface area contributed by atoms with Gasteiger partial charge in [-0.3, -0.25) is 10.1 Å². The number of anilines is 1. The second-order valence-electron chi connectivity index (χ2n) is 7.25. The van der Waals surface area contributed by atoms with Crippen LogP contribution in [-0.2, 0) is 6.42 Å². The van der Waals surface area contributed by atoms with Crippen LogP contribution in [0, 0.1) is 16.0 Å². The smallest absolute Gasteiger partial charge is 0.269 e. The van der Waals surface area contributed by atoms with E-state index >= 15 is 0 Å². The summed E-state index contributed by atoms with van der Waals surface area (Å²) < 4.78 is 1.06. The molecule has 0 saturated carbocycles. The van der Waals surface area contributed by atoms with Crippen molar-refractivity contribution in [2.45, 2.75) is 18.4 Å². The molecule has 0 spiro atoms. The Morgan fingerprint density at radius 2 is 1.78 bits per heavy atom. The molecule has 1 aliphatic carbocycles. The van der Waals surface area contributed by atoms with Gasteiger partial charge in [0.15, 0.2) is 0 Å². The van der Waals surface area contributed by atoms with E-state index in [1.807, 2.05) is 6.07 Å². The van der Waals surface area contributed by atoms with E-state index in [0.717, 1.165) is 22.1 Å². The van der Waals surface area contributed by atoms with Crippen LogP contribution in [0.25, 0.3) is 0 Å². The number of nitro groups is 1. The van der Waals surface area contributed by atoms with Crippen LogP contribution >= 0.6 is 15.9 Å². The van der Waals surface area contributed by atoms with Crippen LogP contribution < -0.4 is 5.32 Å². The summed E-state index contributed by atoms with van der Waals surface area (Å²) in [6.45, 7) is 0. The third-order valence-corrected chi connectivity index (χ3v) is 6.35. The molecule has 4 nitrogen and oxygen atoms in total. The van der Waals surface area contributed by atoms with Gasteiger partial charge >= 0.3 is 0 Å². The number of fused-ring (bicyclic) bond motifs is 5. The molecule has 3 aromatic rings. The van der Waals surface area contributed by atoms with Crippen molar-refractivity contribution in [1.82, 2.24) is 0 Å². The highest BCUT2D eigenvalue weighted by Gasteiger charge is 2.43. The topological polar surface area (TPSA) is 55.2 Å². The Balaban J connectivity index is 1.68. The molecule has 27 heavy (non-hydrogen) atoms. The molecule has 1 heterocycles. The standard InChI is InChI=1S/C22H17BrN2O2/c23-15-7-5-13(6-8-15)22-19-11-14-3-1-2-4-17(14)21(19)18-12-16(25(26)27)9-10-20(18)24-22/h1-10,12,19,21-22,24H,11H2/t19-,21-,22+/m0/s1. The highest BCUT2D eigenvalue weighted by molar-refractivity contribution is 9.10. The molecule has 0 bridgehead atoms. The van der Waals surface area contributed by atoms with Crippen LogP contribution in [0.4, 0.5) is 11.4 Å². The van der Waals surface area contributed by atoms with E-state index in [-0.39, 0.29) is 22.6 Å². The fourth-order valence-electron chi connectivity index (χ4n) is 4.66. The monoisotopic (exact) mass is 420 g/mol. The Bertz CT molecular complexity index is 1050. The summed E-state index contributed by atoms with van der Waals surface area (Å²) in [5.74, 6) is 0.504. The van der Waals surface area contributed by atoms with Crippen molar-refractivity contribution in [3.05, 3.63) is 104 Å². The summed E-state index contributed by atoms with van der Waals surface area (Å²) in [5.41, 5.74) is 6.06. The van der Waals surface area contributed by atoms with Gasteiger partial charge in [-0.1, -0.05) is 52.3 Å². The van der Waals surface area contributed by atoms with Crippen molar-refractivity contribution < 1.29 is 4.92 Å². The van der Waals surface area contributed by atoms with Crippen molar-refractivity contribution in [3.8, 4) is 0 Å². The highest BCUT2D eigenvalue weighted by Crippen LogP contribution is 2.54. The molecule has 3 aromatic carbocycles. The second-order valence-corrected chi connectivity index (χ2v) is 8.16. The van der Waals surface area contributed by atoms with Gasteiger partial charge in [-0.15, -0.1) is 0 Å². The molecule has 5 rings (SSSR count). The van der Waals surface area contributed by atoms with Crippen LogP contribution in [0.5, 0.6) is 0 Å². The molecule has 0 saturated heterocycles. The normalized spacial score (nSPS) is 22.3. The number of halogens is 1. The Kier molecular flexibility index (Phi) is 3.79. The van der Waals surface area contributed by atoms with Crippen molar-refractivity contribution in [2.24, 2.45) is 5.92 Å². The molecular weight excluding hydrogens is 404 g/mol. The van der Waals surface area contributed by atoms with Gasteiger partial charge in [-0.05, 0) is 52.8 Å². The molecule has 1 N–H and O–H groups in total. The summed E-state index contributed by atoms with van der Waals surface area (Å²) in [5, 5.41) is 15.0. The molecule has 0 amide bonds. The van der Waals surface area contributed by atoms with Gasteiger partial charge in [0.1, 0.15) is 0 Å². The van der Waals surface area contributed by atoms with Crippen LogP contribution in [0.2, 0.25) is 0 Å². The quantitative estimate of drug-likeness (QED) is 0.419. The van der Waals surface area contributed by atoms with Gasteiger partial charge < -0.3 is 5.32 Å². The van der Waals surface area contributed by atoms with Gasteiger partial charge in [-0.2, -0.15) is 0 Å². The van der Waals surface area contributed by atoms with Crippen molar-refractivity contribution in [2.75, 3.05) is 5.32 Å². The maximum absolute atomic E-state index is 11.3. The summed E-state index contributed by atoms with van der Waals surface area (Å²) in [4.78, 5) is 11.0. The summed E-state index contributed by atoms with van der Waals surface area (Å²) in [6.07, 6.45) is 0.969. The van der Waals surface area contributed by atoms with Gasteiger partial charge in [-0.25, -0.2) is 0 Å². The van der Waals surface area contributed by atoms with Crippen molar-refractivity contribution in [1.29, 1.82) is 0 Å². The predicted octanol–water partition coefficient (Wildman–Crippen LogP) is 5.83. The van der Waals surface area contributed by atoms with Gasteiger partial charge in [0, 0.05) is 28.2 Å².